The minimum Gasteiger partial charge on any atom is -0.379 e. The van der Waals surface area contributed by atoms with Gasteiger partial charge < -0.3 is 9.47 Å². The molecule has 1 saturated carbocycles. The Hall–Kier alpha value is -0.480. The molecule has 0 radical (unpaired) electrons. The van der Waals surface area contributed by atoms with Gasteiger partial charge >= 0.3 is 0 Å². The van der Waals surface area contributed by atoms with Crippen LogP contribution in [0.15, 0.2) is 12.2 Å². The summed E-state index contributed by atoms with van der Waals surface area (Å²) in [5.41, 5.74) is 0. The first-order valence-corrected chi connectivity index (χ1v) is 7.45. The normalized spacial score (nSPS) is 35.9. The minimum atomic E-state index is -1.62. The summed E-state index contributed by atoms with van der Waals surface area (Å²) in [6.45, 7) is 3.47. The third-order valence-corrected chi connectivity index (χ3v) is 4.45. The quantitative estimate of drug-likeness (QED) is 0.766. The van der Waals surface area contributed by atoms with Gasteiger partial charge in [-0.2, -0.15) is 8.78 Å². The van der Waals surface area contributed by atoms with Gasteiger partial charge in [-0.05, 0) is 57.3 Å². The van der Waals surface area contributed by atoms with Crippen molar-refractivity contribution in [3.8, 4) is 0 Å². The molecule has 2 rings (SSSR count). The van der Waals surface area contributed by atoms with E-state index in [4.69, 9.17) is 9.47 Å². The summed E-state index contributed by atoms with van der Waals surface area (Å²) in [7, 11) is 0. The fraction of sp³-hybridized carbons (Fsp3) is 0.867. The maximum Gasteiger partial charge on any atom is 0.268 e. The lowest BCUT2D eigenvalue weighted by atomic mass is 9.76. The molecule has 0 aromatic rings. The molecule has 0 aromatic heterocycles. The van der Waals surface area contributed by atoms with Gasteiger partial charge in [0.15, 0.2) is 0 Å². The van der Waals surface area contributed by atoms with Gasteiger partial charge in [0.1, 0.15) is 0 Å². The predicted octanol–water partition coefficient (Wildman–Crippen LogP) is 4.16. The van der Waals surface area contributed by atoms with Crippen molar-refractivity contribution in [2.75, 3.05) is 13.2 Å². The molecule has 110 valence electrons. The Kier molecular flexibility index (Phi) is 5.76. The van der Waals surface area contributed by atoms with Gasteiger partial charge in [-0.15, -0.1) is 0 Å². The largest absolute Gasteiger partial charge is 0.379 e. The third kappa shape index (κ3) is 4.53. The first-order valence-electron chi connectivity index (χ1n) is 7.45. The maximum atomic E-state index is 12.2. The molecular weight excluding hydrogens is 250 g/mol. The molecule has 2 nitrogen and oxygen atoms in total. The van der Waals surface area contributed by atoms with Gasteiger partial charge in [0.2, 0.25) is 0 Å². The van der Waals surface area contributed by atoms with Crippen LogP contribution in [0.4, 0.5) is 8.78 Å². The van der Waals surface area contributed by atoms with E-state index in [9.17, 15) is 8.78 Å². The van der Waals surface area contributed by atoms with Crippen molar-refractivity contribution in [1.82, 2.24) is 0 Å². The van der Waals surface area contributed by atoms with Crippen LogP contribution in [-0.4, -0.2) is 25.4 Å². The molecular formula is C15H24F2O2. The molecule has 1 aliphatic carbocycles. The Morgan fingerprint density at radius 3 is 2.32 bits per heavy atom. The van der Waals surface area contributed by atoms with E-state index in [0.717, 1.165) is 38.4 Å². The van der Waals surface area contributed by atoms with Crippen LogP contribution >= 0.6 is 0 Å². The summed E-state index contributed by atoms with van der Waals surface area (Å²) >= 11 is 0. The third-order valence-electron chi connectivity index (χ3n) is 4.45. The van der Waals surface area contributed by atoms with Crippen molar-refractivity contribution < 1.29 is 18.3 Å². The van der Waals surface area contributed by atoms with E-state index in [1.165, 1.54) is 12.8 Å². The van der Waals surface area contributed by atoms with Gasteiger partial charge in [-0.3, -0.25) is 0 Å². The Labute approximate surface area is 114 Å². The molecule has 2 fully saturated rings. The van der Waals surface area contributed by atoms with Gasteiger partial charge in [0.25, 0.3) is 6.08 Å². The Morgan fingerprint density at radius 1 is 1.11 bits per heavy atom. The molecule has 1 saturated heterocycles. The molecule has 1 heterocycles. The monoisotopic (exact) mass is 274 g/mol. The smallest absolute Gasteiger partial charge is 0.268 e. The standard InChI is InChI=1S/C15H24F2O2/c1-2-18-13-6-3-11(4-7-13)12-5-8-14(19-10-12)9-15(16)17/h9,11-14H,2-8,10H2,1H3. The summed E-state index contributed by atoms with van der Waals surface area (Å²) in [6, 6.07) is 0. The highest BCUT2D eigenvalue weighted by Crippen LogP contribution is 2.36. The van der Waals surface area contributed by atoms with Crippen molar-refractivity contribution in [3.63, 3.8) is 0 Å². The molecule has 1 aliphatic heterocycles. The summed E-state index contributed by atoms with van der Waals surface area (Å²) in [5, 5.41) is 0. The molecule has 2 aliphatic rings. The molecule has 0 amide bonds. The highest BCUT2D eigenvalue weighted by atomic mass is 19.3. The van der Waals surface area contributed by atoms with Gasteiger partial charge in [0.05, 0.1) is 18.8 Å². The van der Waals surface area contributed by atoms with Gasteiger partial charge in [-0.25, -0.2) is 0 Å². The van der Waals surface area contributed by atoms with Crippen LogP contribution in [0.5, 0.6) is 0 Å². The van der Waals surface area contributed by atoms with Crippen LogP contribution in [0, 0.1) is 11.8 Å². The average Bonchev–Trinajstić information content (AvgIpc) is 2.40. The van der Waals surface area contributed by atoms with E-state index in [1.807, 2.05) is 6.92 Å². The lowest BCUT2D eigenvalue weighted by Crippen LogP contribution is -2.33. The predicted molar refractivity (Wildman–Crippen MR) is 70.1 cm³/mol. The zero-order valence-corrected chi connectivity index (χ0v) is 11.6. The van der Waals surface area contributed by atoms with Crippen LogP contribution in [-0.2, 0) is 9.47 Å². The fourth-order valence-electron chi connectivity index (χ4n) is 3.40. The molecule has 0 bridgehead atoms. The molecule has 0 N–H and O–H groups in total. The van der Waals surface area contributed by atoms with Gasteiger partial charge in [-0.1, -0.05) is 0 Å². The van der Waals surface area contributed by atoms with Crippen molar-refractivity contribution in [1.29, 1.82) is 0 Å². The van der Waals surface area contributed by atoms with E-state index in [-0.39, 0.29) is 6.10 Å². The topological polar surface area (TPSA) is 18.5 Å². The molecule has 0 spiro atoms. The van der Waals surface area contributed by atoms with Crippen LogP contribution in [0.25, 0.3) is 0 Å². The number of ether oxygens (including phenoxy) is 2. The van der Waals surface area contributed by atoms with Crippen molar-refractivity contribution in [2.45, 2.75) is 57.7 Å². The fourth-order valence-corrected chi connectivity index (χ4v) is 3.40. The van der Waals surface area contributed by atoms with E-state index >= 15 is 0 Å². The van der Waals surface area contributed by atoms with Crippen LogP contribution in [0.3, 0.4) is 0 Å². The van der Waals surface area contributed by atoms with Crippen molar-refractivity contribution >= 4 is 0 Å². The Balaban J connectivity index is 1.72. The highest BCUT2D eigenvalue weighted by molar-refractivity contribution is 4.92. The second-order valence-electron chi connectivity index (χ2n) is 5.66. The summed E-state index contributed by atoms with van der Waals surface area (Å²) in [5.74, 6) is 1.24. The zero-order chi connectivity index (χ0) is 13.7. The van der Waals surface area contributed by atoms with E-state index in [2.05, 4.69) is 0 Å². The SMILES string of the molecule is CCOC1CCC(C2CCC(C=C(F)F)OC2)CC1. The summed E-state index contributed by atoms with van der Waals surface area (Å²) in [6.07, 6.45) is 5.78. The molecule has 19 heavy (non-hydrogen) atoms. The van der Waals surface area contributed by atoms with Crippen LogP contribution < -0.4 is 0 Å². The van der Waals surface area contributed by atoms with E-state index in [1.54, 1.807) is 0 Å². The number of rotatable bonds is 4. The summed E-state index contributed by atoms with van der Waals surface area (Å²) < 4.78 is 35.5. The molecule has 4 heteroatoms. The lowest BCUT2D eigenvalue weighted by Gasteiger charge is -2.37. The average molecular weight is 274 g/mol. The van der Waals surface area contributed by atoms with E-state index < -0.39 is 6.08 Å². The second-order valence-corrected chi connectivity index (χ2v) is 5.66. The number of hydrogen-bond acceptors (Lipinski definition) is 2. The van der Waals surface area contributed by atoms with E-state index in [0.29, 0.717) is 24.5 Å². The zero-order valence-electron chi connectivity index (χ0n) is 11.6. The summed E-state index contributed by atoms with van der Waals surface area (Å²) in [4.78, 5) is 0. The number of hydrogen-bond donors (Lipinski definition) is 0. The molecule has 2 unspecified atom stereocenters. The molecule has 2 atom stereocenters. The van der Waals surface area contributed by atoms with Crippen molar-refractivity contribution in [2.24, 2.45) is 11.8 Å². The maximum absolute atomic E-state index is 12.2. The van der Waals surface area contributed by atoms with Crippen LogP contribution in [0.1, 0.15) is 45.4 Å². The van der Waals surface area contributed by atoms with Gasteiger partial charge in [0, 0.05) is 12.7 Å². The van der Waals surface area contributed by atoms with Crippen LogP contribution in [0.2, 0.25) is 0 Å². The Bertz CT molecular complexity index is 287. The minimum absolute atomic E-state index is 0.374. The second kappa shape index (κ2) is 7.34. The first kappa shape index (κ1) is 14.9. The molecule has 0 aromatic carbocycles. The van der Waals surface area contributed by atoms with Crippen molar-refractivity contribution in [3.05, 3.63) is 12.2 Å². The highest BCUT2D eigenvalue weighted by Gasteiger charge is 2.31. The first-order chi connectivity index (χ1) is 9.19. The lowest BCUT2D eigenvalue weighted by molar-refractivity contribution is -0.0327. The Morgan fingerprint density at radius 2 is 1.79 bits per heavy atom. The number of halogens is 2.